The van der Waals surface area contributed by atoms with Crippen molar-refractivity contribution in [2.75, 3.05) is 52.6 Å². The van der Waals surface area contributed by atoms with Crippen LogP contribution in [0.2, 0.25) is 0 Å². The summed E-state index contributed by atoms with van der Waals surface area (Å²) in [5.74, 6) is 0.196. The van der Waals surface area contributed by atoms with Gasteiger partial charge < -0.3 is 19.5 Å². The Bertz CT molecular complexity index is 321. The summed E-state index contributed by atoms with van der Waals surface area (Å²) in [4.78, 5) is 16.7. The van der Waals surface area contributed by atoms with E-state index in [4.69, 9.17) is 9.47 Å². The quantitative estimate of drug-likeness (QED) is 0.754. The molecule has 2 atom stereocenters. The number of hydrogen-bond acceptors (Lipinski definition) is 5. The summed E-state index contributed by atoms with van der Waals surface area (Å²) in [6, 6.07) is -0.0897. The van der Waals surface area contributed by atoms with E-state index >= 15 is 0 Å². The van der Waals surface area contributed by atoms with Crippen LogP contribution in [0, 0.1) is 0 Å². The van der Waals surface area contributed by atoms with Gasteiger partial charge in [0.2, 0.25) is 5.91 Å². The molecule has 21 heavy (non-hydrogen) atoms. The van der Waals surface area contributed by atoms with E-state index in [1.807, 2.05) is 11.8 Å². The minimum absolute atomic E-state index is 0.0897. The summed E-state index contributed by atoms with van der Waals surface area (Å²) in [6.07, 6.45) is 2.54. The van der Waals surface area contributed by atoms with Gasteiger partial charge in [0.15, 0.2) is 0 Å². The molecule has 0 aliphatic carbocycles. The highest BCUT2D eigenvalue weighted by atomic mass is 16.5. The SMILES string of the molecule is CCOCC(O)CN1CCCCC1C(=O)N1CCOCC1. The van der Waals surface area contributed by atoms with Crippen LogP contribution in [0.4, 0.5) is 0 Å². The van der Waals surface area contributed by atoms with Crippen LogP contribution in [0.5, 0.6) is 0 Å². The fourth-order valence-electron chi connectivity index (χ4n) is 3.06. The topological polar surface area (TPSA) is 62.2 Å². The predicted octanol–water partition coefficient (Wildman–Crippen LogP) is 0.0971. The first-order chi connectivity index (χ1) is 10.2. The average molecular weight is 300 g/mol. The fourth-order valence-corrected chi connectivity index (χ4v) is 3.06. The van der Waals surface area contributed by atoms with Crippen molar-refractivity contribution >= 4 is 5.91 Å². The molecule has 2 aliphatic heterocycles. The zero-order valence-corrected chi connectivity index (χ0v) is 13.0. The predicted molar refractivity (Wildman–Crippen MR) is 79.1 cm³/mol. The molecule has 0 saturated carbocycles. The van der Waals surface area contributed by atoms with Crippen molar-refractivity contribution in [3.05, 3.63) is 0 Å². The fraction of sp³-hybridized carbons (Fsp3) is 0.933. The highest BCUT2D eigenvalue weighted by molar-refractivity contribution is 5.82. The van der Waals surface area contributed by atoms with Crippen LogP contribution in [-0.2, 0) is 14.3 Å². The van der Waals surface area contributed by atoms with Gasteiger partial charge in [0, 0.05) is 26.2 Å². The number of aliphatic hydroxyl groups excluding tert-OH is 1. The van der Waals surface area contributed by atoms with Crippen molar-refractivity contribution in [1.29, 1.82) is 0 Å². The number of β-amino-alcohol motifs (C(OH)–C–C–N with tert-alkyl or cyclic N) is 1. The molecule has 0 aromatic carbocycles. The number of aliphatic hydroxyl groups is 1. The Morgan fingerprint density at radius 3 is 2.81 bits per heavy atom. The number of rotatable bonds is 6. The van der Waals surface area contributed by atoms with Gasteiger partial charge in [-0.15, -0.1) is 0 Å². The Kier molecular flexibility index (Phi) is 6.89. The molecule has 1 N–H and O–H groups in total. The largest absolute Gasteiger partial charge is 0.389 e. The molecule has 1 amide bonds. The second-order valence-electron chi connectivity index (χ2n) is 5.76. The number of amides is 1. The van der Waals surface area contributed by atoms with Gasteiger partial charge in [0.25, 0.3) is 0 Å². The maximum atomic E-state index is 12.7. The Morgan fingerprint density at radius 2 is 2.10 bits per heavy atom. The van der Waals surface area contributed by atoms with Crippen LogP contribution < -0.4 is 0 Å². The van der Waals surface area contributed by atoms with Crippen molar-refractivity contribution < 1.29 is 19.4 Å². The first kappa shape index (κ1) is 16.7. The van der Waals surface area contributed by atoms with E-state index in [9.17, 15) is 9.90 Å². The lowest BCUT2D eigenvalue weighted by molar-refractivity contribution is -0.143. The Balaban J connectivity index is 1.89. The number of morpholine rings is 1. The standard InChI is InChI=1S/C15H28N2O4/c1-2-20-12-13(18)11-17-6-4-3-5-14(17)15(19)16-7-9-21-10-8-16/h13-14,18H,2-12H2,1H3. The summed E-state index contributed by atoms with van der Waals surface area (Å²) >= 11 is 0. The third-order valence-corrected chi connectivity index (χ3v) is 4.18. The van der Waals surface area contributed by atoms with E-state index in [1.54, 1.807) is 0 Å². The normalized spacial score (nSPS) is 25.8. The van der Waals surface area contributed by atoms with Gasteiger partial charge in [-0.3, -0.25) is 9.69 Å². The summed E-state index contributed by atoms with van der Waals surface area (Å²) < 4.78 is 10.6. The molecular weight excluding hydrogens is 272 g/mol. The highest BCUT2D eigenvalue weighted by Gasteiger charge is 2.33. The van der Waals surface area contributed by atoms with E-state index in [-0.39, 0.29) is 11.9 Å². The molecule has 0 bridgehead atoms. The Hall–Kier alpha value is -0.690. The second kappa shape index (κ2) is 8.68. The zero-order chi connectivity index (χ0) is 15.1. The first-order valence-corrected chi connectivity index (χ1v) is 8.08. The van der Waals surface area contributed by atoms with E-state index in [0.29, 0.717) is 46.1 Å². The van der Waals surface area contributed by atoms with Crippen LogP contribution >= 0.6 is 0 Å². The van der Waals surface area contributed by atoms with Gasteiger partial charge in [0.05, 0.1) is 32.0 Å². The zero-order valence-electron chi connectivity index (χ0n) is 13.0. The molecule has 2 saturated heterocycles. The molecule has 2 fully saturated rings. The maximum Gasteiger partial charge on any atom is 0.240 e. The molecule has 2 rings (SSSR count). The van der Waals surface area contributed by atoms with Crippen LogP contribution in [0.25, 0.3) is 0 Å². The molecule has 6 heteroatoms. The van der Waals surface area contributed by atoms with Crippen LogP contribution in [0.15, 0.2) is 0 Å². The lowest BCUT2D eigenvalue weighted by Crippen LogP contribution is -2.55. The molecule has 2 unspecified atom stereocenters. The summed E-state index contributed by atoms with van der Waals surface area (Å²) in [5.41, 5.74) is 0. The average Bonchev–Trinajstić information content (AvgIpc) is 2.53. The van der Waals surface area contributed by atoms with Gasteiger partial charge in [-0.2, -0.15) is 0 Å². The third kappa shape index (κ3) is 4.92. The number of likely N-dealkylation sites (tertiary alicyclic amines) is 1. The van der Waals surface area contributed by atoms with E-state index < -0.39 is 6.10 Å². The van der Waals surface area contributed by atoms with E-state index in [2.05, 4.69) is 4.90 Å². The van der Waals surface area contributed by atoms with E-state index in [1.165, 1.54) is 0 Å². The number of nitrogens with zero attached hydrogens (tertiary/aromatic N) is 2. The number of hydrogen-bond donors (Lipinski definition) is 1. The van der Waals surface area contributed by atoms with Gasteiger partial charge >= 0.3 is 0 Å². The molecule has 0 spiro atoms. The molecule has 0 aromatic rings. The van der Waals surface area contributed by atoms with Crippen molar-refractivity contribution in [2.45, 2.75) is 38.3 Å². The van der Waals surface area contributed by atoms with Crippen LogP contribution in [-0.4, -0.2) is 85.6 Å². The Labute approximate surface area is 127 Å². The van der Waals surface area contributed by atoms with Crippen LogP contribution in [0.1, 0.15) is 26.2 Å². The summed E-state index contributed by atoms with van der Waals surface area (Å²) in [6.45, 7) is 6.88. The molecule has 0 aromatic heterocycles. The van der Waals surface area contributed by atoms with E-state index in [0.717, 1.165) is 25.8 Å². The monoisotopic (exact) mass is 300 g/mol. The summed E-state index contributed by atoms with van der Waals surface area (Å²) in [7, 11) is 0. The number of ether oxygens (including phenoxy) is 2. The molecule has 122 valence electrons. The van der Waals surface area contributed by atoms with Crippen molar-refractivity contribution in [1.82, 2.24) is 9.80 Å². The van der Waals surface area contributed by atoms with Gasteiger partial charge in [-0.05, 0) is 26.3 Å². The minimum Gasteiger partial charge on any atom is -0.389 e. The smallest absolute Gasteiger partial charge is 0.240 e. The first-order valence-electron chi connectivity index (χ1n) is 8.08. The van der Waals surface area contributed by atoms with Gasteiger partial charge in [0.1, 0.15) is 0 Å². The minimum atomic E-state index is -0.525. The van der Waals surface area contributed by atoms with Crippen LogP contribution in [0.3, 0.4) is 0 Å². The number of carbonyl (C=O) groups is 1. The van der Waals surface area contributed by atoms with Crippen molar-refractivity contribution in [3.8, 4) is 0 Å². The number of piperidine rings is 1. The van der Waals surface area contributed by atoms with Gasteiger partial charge in [-0.25, -0.2) is 0 Å². The van der Waals surface area contributed by atoms with Crippen molar-refractivity contribution in [2.24, 2.45) is 0 Å². The Morgan fingerprint density at radius 1 is 1.33 bits per heavy atom. The van der Waals surface area contributed by atoms with Crippen molar-refractivity contribution in [3.63, 3.8) is 0 Å². The molecule has 6 nitrogen and oxygen atoms in total. The lowest BCUT2D eigenvalue weighted by atomic mass is 10.00. The second-order valence-corrected chi connectivity index (χ2v) is 5.76. The maximum absolute atomic E-state index is 12.7. The lowest BCUT2D eigenvalue weighted by Gasteiger charge is -2.39. The van der Waals surface area contributed by atoms with Gasteiger partial charge in [-0.1, -0.05) is 6.42 Å². The number of carbonyl (C=O) groups excluding carboxylic acids is 1. The summed E-state index contributed by atoms with van der Waals surface area (Å²) in [5, 5.41) is 10.0. The highest BCUT2D eigenvalue weighted by Crippen LogP contribution is 2.20. The molecular formula is C15H28N2O4. The molecule has 0 radical (unpaired) electrons. The molecule has 2 aliphatic rings. The molecule has 2 heterocycles. The third-order valence-electron chi connectivity index (χ3n) is 4.18.